The summed E-state index contributed by atoms with van der Waals surface area (Å²) in [5.41, 5.74) is 2.79. The largest absolute Gasteiger partial charge is 0.339 e. The fraction of sp³-hybridized carbons (Fsp3) is 0.560. The topological polar surface area (TPSA) is 53.5 Å². The Morgan fingerprint density at radius 2 is 1.67 bits per heavy atom. The molecule has 2 saturated carbocycles. The number of hydrogen-bond acceptors (Lipinski definition) is 3. The first-order valence-electron chi connectivity index (χ1n) is 11.6. The van der Waals surface area contributed by atoms with Crippen molar-refractivity contribution in [3.05, 3.63) is 41.1 Å². The number of nitrogens with zero attached hydrogens (tertiary/aromatic N) is 3. The molecule has 1 aromatic carbocycles. The van der Waals surface area contributed by atoms with Gasteiger partial charge in [-0.05, 0) is 31.7 Å². The van der Waals surface area contributed by atoms with Crippen LogP contribution in [-0.2, 0) is 6.54 Å². The van der Waals surface area contributed by atoms with E-state index < -0.39 is 0 Å². The van der Waals surface area contributed by atoms with Crippen molar-refractivity contribution < 1.29 is 9.59 Å². The second-order valence-corrected chi connectivity index (χ2v) is 9.26. The number of hydrogen-bond donors (Lipinski definition) is 0. The summed E-state index contributed by atoms with van der Waals surface area (Å²) >= 11 is 0. The quantitative estimate of drug-likeness (QED) is 0.728. The summed E-state index contributed by atoms with van der Waals surface area (Å²) in [6.07, 6.45) is 11.5. The Morgan fingerprint density at radius 3 is 2.40 bits per heavy atom. The molecule has 0 atom stereocenters. The van der Waals surface area contributed by atoms with Gasteiger partial charge in [-0.1, -0.05) is 56.7 Å². The molecule has 158 valence electrons. The molecule has 0 spiro atoms. The number of aromatic nitrogens is 1. The van der Waals surface area contributed by atoms with Crippen molar-refractivity contribution in [1.29, 1.82) is 0 Å². The lowest BCUT2D eigenvalue weighted by Gasteiger charge is -2.32. The van der Waals surface area contributed by atoms with Crippen LogP contribution in [0.1, 0.15) is 90.6 Å². The molecule has 2 amide bonds. The highest BCUT2D eigenvalue weighted by molar-refractivity contribution is 6.11. The van der Waals surface area contributed by atoms with Gasteiger partial charge in [0.05, 0.1) is 11.1 Å². The second-order valence-electron chi connectivity index (χ2n) is 9.26. The first-order valence-corrected chi connectivity index (χ1v) is 11.6. The minimum atomic E-state index is 0.0111. The van der Waals surface area contributed by atoms with Gasteiger partial charge in [-0.25, -0.2) is 4.98 Å². The van der Waals surface area contributed by atoms with Crippen LogP contribution in [0.4, 0.5) is 0 Å². The molecule has 0 radical (unpaired) electrons. The van der Waals surface area contributed by atoms with Crippen LogP contribution in [0, 0.1) is 0 Å². The van der Waals surface area contributed by atoms with Gasteiger partial charge in [-0.15, -0.1) is 0 Å². The highest BCUT2D eigenvalue weighted by Crippen LogP contribution is 2.35. The van der Waals surface area contributed by atoms with Crippen molar-refractivity contribution in [2.45, 2.75) is 82.8 Å². The maximum absolute atomic E-state index is 13.8. The Hall–Kier alpha value is -2.43. The van der Waals surface area contributed by atoms with E-state index in [1.807, 2.05) is 41.1 Å². The van der Waals surface area contributed by atoms with Crippen LogP contribution in [-0.4, -0.2) is 45.7 Å². The zero-order chi connectivity index (χ0) is 20.7. The van der Waals surface area contributed by atoms with Gasteiger partial charge in [0.2, 0.25) is 0 Å². The number of pyridine rings is 1. The van der Waals surface area contributed by atoms with Gasteiger partial charge in [0.1, 0.15) is 5.69 Å². The first kappa shape index (κ1) is 19.5. The van der Waals surface area contributed by atoms with Crippen LogP contribution in [0.3, 0.4) is 0 Å². The van der Waals surface area contributed by atoms with Crippen molar-refractivity contribution in [3.8, 4) is 0 Å². The average Bonchev–Trinajstić information content (AvgIpc) is 3.13. The van der Waals surface area contributed by atoms with E-state index >= 15 is 0 Å². The van der Waals surface area contributed by atoms with Crippen LogP contribution in [0.5, 0.6) is 0 Å². The van der Waals surface area contributed by atoms with Crippen molar-refractivity contribution in [2.24, 2.45) is 0 Å². The summed E-state index contributed by atoms with van der Waals surface area (Å²) in [4.78, 5) is 35.8. The van der Waals surface area contributed by atoms with Gasteiger partial charge in [-0.3, -0.25) is 9.59 Å². The van der Waals surface area contributed by atoms with Crippen molar-refractivity contribution in [1.82, 2.24) is 14.8 Å². The van der Waals surface area contributed by atoms with E-state index in [0.29, 0.717) is 23.8 Å². The van der Waals surface area contributed by atoms with Crippen LogP contribution in [0.2, 0.25) is 0 Å². The van der Waals surface area contributed by atoms with E-state index in [4.69, 9.17) is 4.98 Å². The predicted molar refractivity (Wildman–Crippen MR) is 117 cm³/mol. The third kappa shape index (κ3) is 3.28. The molecule has 0 bridgehead atoms. The summed E-state index contributed by atoms with van der Waals surface area (Å²) in [7, 11) is 1.94. The zero-order valence-corrected chi connectivity index (χ0v) is 17.9. The minimum Gasteiger partial charge on any atom is -0.339 e. The highest BCUT2D eigenvalue weighted by atomic mass is 16.2. The Morgan fingerprint density at radius 1 is 1.00 bits per heavy atom. The number of carbonyl (C=O) groups excluding carboxylic acids is 2. The Kier molecular flexibility index (Phi) is 5.21. The SMILES string of the molecule is CN(C(=O)c1c2c(nc3ccccc13)C(=O)N(C1CCCCC1)C2)C1CCCCC1. The van der Waals surface area contributed by atoms with Gasteiger partial charge in [0, 0.05) is 36.6 Å². The molecule has 2 aromatic rings. The molecule has 0 unspecified atom stereocenters. The standard InChI is InChI=1S/C25H31N3O2/c1-27(17-10-4-2-5-11-17)24(29)22-19-14-8-9-15-21(19)26-23-20(22)16-28(25(23)30)18-12-6-3-7-13-18/h8-9,14-15,17-18H,2-7,10-13,16H2,1H3. The minimum absolute atomic E-state index is 0.0111. The molecule has 2 heterocycles. The molecular weight excluding hydrogens is 374 g/mol. The molecular formula is C25H31N3O2. The lowest BCUT2D eigenvalue weighted by atomic mass is 9.93. The predicted octanol–water partition coefficient (Wildman–Crippen LogP) is 4.93. The van der Waals surface area contributed by atoms with Crippen LogP contribution >= 0.6 is 0 Å². The molecule has 3 aliphatic rings. The number of amides is 2. The van der Waals surface area contributed by atoms with Gasteiger partial charge < -0.3 is 9.80 Å². The van der Waals surface area contributed by atoms with Crippen LogP contribution in [0.25, 0.3) is 10.9 Å². The molecule has 30 heavy (non-hydrogen) atoms. The number of rotatable bonds is 3. The lowest BCUT2D eigenvalue weighted by molar-refractivity contribution is 0.0648. The molecule has 2 fully saturated rings. The van der Waals surface area contributed by atoms with E-state index in [1.54, 1.807) is 0 Å². The van der Waals surface area contributed by atoms with Crippen molar-refractivity contribution in [3.63, 3.8) is 0 Å². The van der Waals surface area contributed by atoms with Crippen LogP contribution in [0.15, 0.2) is 24.3 Å². The molecule has 0 N–H and O–H groups in total. The molecule has 5 nitrogen and oxygen atoms in total. The Balaban J connectivity index is 1.57. The van der Waals surface area contributed by atoms with E-state index in [9.17, 15) is 9.59 Å². The van der Waals surface area contributed by atoms with Gasteiger partial charge >= 0.3 is 0 Å². The average molecular weight is 406 g/mol. The van der Waals surface area contributed by atoms with Gasteiger partial charge in [0.25, 0.3) is 11.8 Å². The lowest BCUT2D eigenvalue weighted by Crippen LogP contribution is -2.39. The fourth-order valence-electron chi connectivity index (χ4n) is 5.70. The van der Waals surface area contributed by atoms with Crippen molar-refractivity contribution in [2.75, 3.05) is 7.05 Å². The number of benzene rings is 1. The van der Waals surface area contributed by atoms with E-state index in [1.165, 1.54) is 38.5 Å². The third-order valence-electron chi connectivity index (χ3n) is 7.46. The summed E-state index contributed by atoms with van der Waals surface area (Å²) in [5.74, 6) is 0.0621. The number of para-hydroxylation sites is 1. The van der Waals surface area contributed by atoms with Gasteiger partial charge in [0.15, 0.2) is 0 Å². The number of fused-ring (bicyclic) bond motifs is 2. The normalized spacial score (nSPS) is 20.6. The zero-order valence-electron chi connectivity index (χ0n) is 17.9. The Labute approximate surface area is 178 Å². The van der Waals surface area contributed by atoms with E-state index in [2.05, 4.69) is 0 Å². The Bertz CT molecular complexity index is 974. The van der Waals surface area contributed by atoms with Crippen molar-refractivity contribution >= 4 is 22.7 Å². The molecule has 5 heteroatoms. The fourth-order valence-corrected chi connectivity index (χ4v) is 5.70. The molecule has 2 aliphatic carbocycles. The third-order valence-corrected chi connectivity index (χ3v) is 7.46. The molecule has 5 rings (SSSR count). The summed E-state index contributed by atoms with van der Waals surface area (Å²) in [6, 6.07) is 8.37. The summed E-state index contributed by atoms with van der Waals surface area (Å²) < 4.78 is 0. The number of carbonyl (C=O) groups is 2. The molecule has 0 saturated heterocycles. The van der Waals surface area contributed by atoms with Crippen LogP contribution < -0.4 is 0 Å². The maximum atomic E-state index is 13.8. The maximum Gasteiger partial charge on any atom is 0.273 e. The highest BCUT2D eigenvalue weighted by Gasteiger charge is 2.39. The molecule has 1 aromatic heterocycles. The smallest absolute Gasteiger partial charge is 0.273 e. The monoisotopic (exact) mass is 405 g/mol. The second kappa shape index (κ2) is 8.01. The first-order chi connectivity index (χ1) is 14.6. The summed E-state index contributed by atoms with van der Waals surface area (Å²) in [5, 5.41) is 0.877. The summed E-state index contributed by atoms with van der Waals surface area (Å²) in [6.45, 7) is 0.524. The van der Waals surface area contributed by atoms with E-state index in [0.717, 1.165) is 42.1 Å². The van der Waals surface area contributed by atoms with E-state index in [-0.39, 0.29) is 17.9 Å². The molecule has 1 aliphatic heterocycles. The van der Waals surface area contributed by atoms with Gasteiger partial charge in [-0.2, -0.15) is 0 Å².